The van der Waals surface area contributed by atoms with Gasteiger partial charge in [-0.3, -0.25) is 0 Å². The van der Waals surface area contributed by atoms with Crippen molar-refractivity contribution in [3.05, 3.63) is 48.0 Å². The van der Waals surface area contributed by atoms with Crippen molar-refractivity contribution in [3.63, 3.8) is 0 Å². The Kier molecular flexibility index (Phi) is 2.88. The summed E-state index contributed by atoms with van der Waals surface area (Å²) < 4.78 is 1.56. The van der Waals surface area contributed by atoms with Gasteiger partial charge in [-0.15, -0.1) is 10.2 Å². The average Bonchev–Trinajstić information content (AvgIpc) is 2.80. The van der Waals surface area contributed by atoms with Gasteiger partial charge in [0.15, 0.2) is 0 Å². The number of aromatic nitrogens is 3. The van der Waals surface area contributed by atoms with Crippen LogP contribution < -0.4 is 0 Å². The molecule has 0 aliphatic heterocycles. The van der Waals surface area contributed by atoms with Crippen molar-refractivity contribution >= 4 is 6.21 Å². The van der Waals surface area contributed by atoms with Gasteiger partial charge >= 0.3 is 0 Å². The first-order valence-electron chi connectivity index (χ1n) is 4.86. The summed E-state index contributed by atoms with van der Waals surface area (Å²) in [5, 5.41) is 11.5. The van der Waals surface area contributed by atoms with E-state index in [4.69, 9.17) is 0 Å². The van der Waals surface area contributed by atoms with E-state index in [9.17, 15) is 0 Å². The Hall–Kier alpha value is -1.97. The van der Waals surface area contributed by atoms with Crippen molar-refractivity contribution in [2.24, 2.45) is 5.10 Å². The minimum atomic E-state index is 1.06. The second-order valence-corrected chi connectivity index (χ2v) is 3.18. The van der Waals surface area contributed by atoms with E-state index in [1.165, 1.54) is 5.56 Å². The zero-order chi connectivity index (χ0) is 10.5. The van der Waals surface area contributed by atoms with E-state index < -0.39 is 0 Å². The summed E-state index contributed by atoms with van der Waals surface area (Å²) in [6, 6.07) is 8.31. The lowest BCUT2D eigenvalue weighted by molar-refractivity contribution is 0.878. The van der Waals surface area contributed by atoms with Gasteiger partial charge in [0.05, 0.1) is 6.21 Å². The lowest BCUT2D eigenvalue weighted by Gasteiger charge is -1.96. The first kappa shape index (κ1) is 9.58. The van der Waals surface area contributed by atoms with Gasteiger partial charge in [-0.05, 0) is 17.5 Å². The molecule has 0 atom stereocenters. The molecule has 2 rings (SSSR count). The Morgan fingerprint density at radius 3 is 2.47 bits per heavy atom. The van der Waals surface area contributed by atoms with Crippen molar-refractivity contribution in [2.75, 3.05) is 0 Å². The Bertz CT molecular complexity index is 428. The molecule has 1 aromatic carbocycles. The largest absolute Gasteiger partial charge is 0.208 e. The molecule has 0 unspecified atom stereocenters. The SMILES string of the molecule is CCc1ccc(C=Nn2cnnc2)cc1. The van der Waals surface area contributed by atoms with Gasteiger partial charge in [0.2, 0.25) is 0 Å². The minimum absolute atomic E-state index is 1.06. The molecule has 0 radical (unpaired) electrons. The Balaban J connectivity index is 2.11. The maximum atomic E-state index is 4.16. The number of rotatable bonds is 3. The Labute approximate surface area is 88.3 Å². The van der Waals surface area contributed by atoms with E-state index in [1.807, 2.05) is 12.1 Å². The smallest absolute Gasteiger partial charge is 0.141 e. The molecular weight excluding hydrogens is 188 g/mol. The third-order valence-corrected chi connectivity index (χ3v) is 2.13. The fourth-order valence-electron chi connectivity index (χ4n) is 1.23. The lowest BCUT2D eigenvalue weighted by Crippen LogP contribution is -1.88. The van der Waals surface area contributed by atoms with Crippen molar-refractivity contribution in [3.8, 4) is 0 Å². The Morgan fingerprint density at radius 1 is 1.20 bits per heavy atom. The van der Waals surface area contributed by atoms with Crippen LogP contribution in [0.1, 0.15) is 18.1 Å². The predicted molar refractivity (Wildman–Crippen MR) is 58.8 cm³/mol. The molecule has 2 aromatic rings. The summed E-state index contributed by atoms with van der Waals surface area (Å²) in [6.45, 7) is 2.14. The van der Waals surface area contributed by atoms with Crippen molar-refractivity contribution in [1.29, 1.82) is 0 Å². The summed E-state index contributed by atoms with van der Waals surface area (Å²) in [5.41, 5.74) is 2.40. The number of aryl methyl sites for hydroxylation is 1. The van der Waals surface area contributed by atoms with E-state index in [0.717, 1.165) is 12.0 Å². The Morgan fingerprint density at radius 2 is 1.87 bits per heavy atom. The minimum Gasteiger partial charge on any atom is -0.208 e. The monoisotopic (exact) mass is 200 g/mol. The predicted octanol–water partition coefficient (Wildman–Crippen LogP) is 1.72. The number of hydrogen-bond donors (Lipinski definition) is 0. The van der Waals surface area contributed by atoms with Crippen LogP contribution in [-0.2, 0) is 6.42 Å². The van der Waals surface area contributed by atoms with Crippen molar-refractivity contribution < 1.29 is 0 Å². The molecule has 1 aromatic heterocycles. The average molecular weight is 200 g/mol. The number of nitrogens with zero attached hydrogens (tertiary/aromatic N) is 4. The molecule has 0 saturated heterocycles. The number of hydrogen-bond acceptors (Lipinski definition) is 3. The van der Waals surface area contributed by atoms with Crippen LogP contribution in [0.5, 0.6) is 0 Å². The van der Waals surface area contributed by atoms with E-state index in [-0.39, 0.29) is 0 Å². The molecule has 4 heteroatoms. The molecule has 0 bridgehead atoms. The quantitative estimate of drug-likeness (QED) is 0.708. The van der Waals surface area contributed by atoms with Crippen LogP contribution in [0, 0.1) is 0 Å². The first-order chi connectivity index (χ1) is 7.38. The van der Waals surface area contributed by atoms with Gasteiger partial charge in [0.1, 0.15) is 12.7 Å². The summed E-state index contributed by atoms with van der Waals surface area (Å²) in [4.78, 5) is 0. The highest BCUT2D eigenvalue weighted by molar-refractivity contribution is 5.79. The molecular formula is C11H12N4. The van der Waals surface area contributed by atoms with Gasteiger partial charge in [-0.2, -0.15) is 5.10 Å². The summed E-state index contributed by atoms with van der Waals surface area (Å²) in [5.74, 6) is 0. The van der Waals surface area contributed by atoms with Crippen LogP contribution in [0.4, 0.5) is 0 Å². The third-order valence-electron chi connectivity index (χ3n) is 2.13. The van der Waals surface area contributed by atoms with Gasteiger partial charge < -0.3 is 0 Å². The molecule has 1 heterocycles. The van der Waals surface area contributed by atoms with E-state index in [0.29, 0.717) is 0 Å². The van der Waals surface area contributed by atoms with Gasteiger partial charge in [-0.1, -0.05) is 31.2 Å². The molecule has 0 aliphatic carbocycles. The third kappa shape index (κ3) is 2.49. The molecule has 0 spiro atoms. The first-order valence-corrected chi connectivity index (χ1v) is 4.86. The van der Waals surface area contributed by atoms with Crippen molar-refractivity contribution in [1.82, 2.24) is 14.9 Å². The number of benzene rings is 1. The van der Waals surface area contributed by atoms with Gasteiger partial charge in [0, 0.05) is 0 Å². The van der Waals surface area contributed by atoms with Crippen LogP contribution in [-0.4, -0.2) is 21.1 Å². The lowest BCUT2D eigenvalue weighted by atomic mass is 10.1. The van der Waals surface area contributed by atoms with Crippen LogP contribution in [0.15, 0.2) is 42.0 Å². The molecule has 0 saturated carbocycles. The standard InChI is InChI=1S/C11H12N4/c1-2-10-3-5-11(6-4-10)7-14-15-8-12-13-9-15/h3-9H,2H2,1H3. The molecule has 0 fully saturated rings. The topological polar surface area (TPSA) is 43.1 Å². The fraction of sp³-hybridized carbons (Fsp3) is 0.182. The fourth-order valence-corrected chi connectivity index (χ4v) is 1.23. The second-order valence-electron chi connectivity index (χ2n) is 3.18. The van der Waals surface area contributed by atoms with Gasteiger partial charge in [0.25, 0.3) is 0 Å². The molecule has 4 nitrogen and oxygen atoms in total. The highest BCUT2D eigenvalue weighted by Crippen LogP contribution is 2.02. The summed E-state index contributed by atoms with van der Waals surface area (Å²) in [6.07, 6.45) is 5.94. The molecule has 15 heavy (non-hydrogen) atoms. The van der Waals surface area contributed by atoms with Crippen LogP contribution >= 0.6 is 0 Å². The maximum Gasteiger partial charge on any atom is 0.141 e. The van der Waals surface area contributed by atoms with E-state index >= 15 is 0 Å². The van der Waals surface area contributed by atoms with Gasteiger partial charge in [-0.25, -0.2) is 4.68 Å². The van der Waals surface area contributed by atoms with Crippen molar-refractivity contribution in [2.45, 2.75) is 13.3 Å². The summed E-state index contributed by atoms with van der Waals surface area (Å²) in [7, 11) is 0. The molecule has 0 N–H and O–H groups in total. The zero-order valence-electron chi connectivity index (χ0n) is 8.54. The van der Waals surface area contributed by atoms with Crippen LogP contribution in [0.2, 0.25) is 0 Å². The second kappa shape index (κ2) is 4.50. The molecule has 0 amide bonds. The maximum absolute atomic E-state index is 4.16. The van der Waals surface area contributed by atoms with Crippen LogP contribution in [0.3, 0.4) is 0 Å². The highest BCUT2D eigenvalue weighted by atomic mass is 15.4. The highest BCUT2D eigenvalue weighted by Gasteiger charge is 1.90. The van der Waals surface area contributed by atoms with E-state index in [2.05, 4.69) is 34.4 Å². The normalized spacial score (nSPS) is 11.0. The summed E-state index contributed by atoms with van der Waals surface area (Å²) >= 11 is 0. The molecule has 76 valence electrons. The van der Waals surface area contributed by atoms with Crippen LogP contribution in [0.25, 0.3) is 0 Å². The zero-order valence-corrected chi connectivity index (χ0v) is 8.54. The van der Waals surface area contributed by atoms with E-state index in [1.54, 1.807) is 23.5 Å². The molecule has 0 aliphatic rings.